The first-order valence-corrected chi connectivity index (χ1v) is 9.18. The lowest BCUT2D eigenvalue weighted by Crippen LogP contribution is -2.43. The van der Waals surface area contributed by atoms with Gasteiger partial charge in [-0.2, -0.15) is 0 Å². The van der Waals surface area contributed by atoms with Gasteiger partial charge >= 0.3 is 0 Å². The summed E-state index contributed by atoms with van der Waals surface area (Å²) < 4.78 is 0. The van der Waals surface area contributed by atoms with Gasteiger partial charge in [0.05, 0.1) is 0 Å². The Bertz CT molecular complexity index is 367. The molecule has 0 aromatic heterocycles. The number of amides is 2. The molecule has 22 heavy (non-hydrogen) atoms. The zero-order valence-electron chi connectivity index (χ0n) is 14.3. The molecule has 0 spiro atoms. The molecule has 4 heteroatoms. The Balaban J connectivity index is 1.72. The summed E-state index contributed by atoms with van der Waals surface area (Å²) in [5.74, 6) is 1.59. The fourth-order valence-electron chi connectivity index (χ4n) is 3.62. The van der Waals surface area contributed by atoms with E-state index < -0.39 is 0 Å². The number of unbranched alkanes of at least 4 members (excludes halogenated alkanes) is 1. The SMILES string of the molecule is CCCCNC(=O)C1CCC(C(=O)N2CCC(C)CC2)CC1. The minimum atomic E-state index is 0.127. The van der Waals surface area contributed by atoms with Crippen LogP contribution in [0.2, 0.25) is 0 Å². The van der Waals surface area contributed by atoms with Gasteiger partial charge in [-0.05, 0) is 50.9 Å². The Hall–Kier alpha value is -1.06. The fourth-order valence-corrected chi connectivity index (χ4v) is 3.62. The van der Waals surface area contributed by atoms with Crippen molar-refractivity contribution in [1.29, 1.82) is 0 Å². The van der Waals surface area contributed by atoms with Crippen LogP contribution < -0.4 is 5.32 Å². The molecule has 0 atom stereocenters. The first kappa shape index (κ1) is 17.3. The number of nitrogens with zero attached hydrogens (tertiary/aromatic N) is 1. The third-order valence-corrected chi connectivity index (χ3v) is 5.37. The lowest BCUT2D eigenvalue weighted by atomic mass is 9.80. The molecule has 1 aliphatic heterocycles. The zero-order chi connectivity index (χ0) is 15.9. The van der Waals surface area contributed by atoms with E-state index in [2.05, 4.69) is 24.1 Å². The molecule has 2 rings (SSSR count). The highest BCUT2D eigenvalue weighted by atomic mass is 16.2. The highest BCUT2D eigenvalue weighted by molar-refractivity contribution is 5.81. The van der Waals surface area contributed by atoms with E-state index in [1.54, 1.807) is 0 Å². The molecule has 1 heterocycles. The van der Waals surface area contributed by atoms with Gasteiger partial charge in [-0.25, -0.2) is 0 Å². The second kappa shape index (κ2) is 8.54. The standard InChI is InChI=1S/C18H32N2O2/c1-3-4-11-19-17(21)15-5-7-16(8-6-15)18(22)20-12-9-14(2)10-13-20/h14-16H,3-13H2,1-2H3,(H,19,21). The Morgan fingerprint density at radius 1 is 1.00 bits per heavy atom. The molecule has 1 saturated heterocycles. The minimum absolute atomic E-state index is 0.127. The summed E-state index contributed by atoms with van der Waals surface area (Å²) >= 11 is 0. The second-order valence-corrected chi connectivity index (χ2v) is 7.20. The molecule has 1 saturated carbocycles. The van der Waals surface area contributed by atoms with Gasteiger partial charge in [0.1, 0.15) is 0 Å². The Kier molecular flexibility index (Phi) is 6.71. The van der Waals surface area contributed by atoms with Crippen molar-refractivity contribution >= 4 is 11.8 Å². The number of likely N-dealkylation sites (tertiary alicyclic amines) is 1. The van der Waals surface area contributed by atoms with Gasteiger partial charge in [-0.1, -0.05) is 20.3 Å². The predicted octanol–water partition coefficient (Wildman–Crippen LogP) is 2.97. The van der Waals surface area contributed by atoms with Crippen molar-refractivity contribution in [1.82, 2.24) is 10.2 Å². The molecule has 0 radical (unpaired) electrons. The van der Waals surface area contributed by atoms with E-state index in [0.29, 0.717) is 5.91 Å². The van der Waals surface area contributed by atoms with Crippen molar-refractivity contribution in [3.8, 4) is 0 Å². The van der Waals surface area contributed by atoms with Crippen LogP contribution in [0.15, 0.2) is 0 Å². The van der Waals surface area contributed by atoms with Crippen molar-refractivity contribution < 1.29 is 9.59 Å². The zero-order valence-corrected chi connectivity index (χ0v) is 14.3. The largest absolute Gasteiger partial charge is 0.356 e. The van der Waals surface area contributed by atoms with Gasteiger partial charge < -0.3 is 10.2 Å². The van der Waals surface area contributed by atoms with Crippen LogP contribution in [0.5, 0.6) is 0 Å². The third-order valence-electron chi connectivity index (χ3n) is 5.37. The first-order chi connectivity index (χ1) is 10.6. The lowest BCUT2D eigenvalue weighted by molar-refractivity contribution is -0.139. The van der Waals surface area contributed by atoms with Crippen molar-refractivity contribution in [2.45, 2.75) is 65.2 Å². The van der Waals surface area contributed by atoms with Crippen LogP contribution in [-0.4, -0.2) is 36.3 Å². The van der Waals surface area contributed by atoms with Crippen LogP contribution in [0.1, 0.15) is 65.2 Å². The number of carbonyl (C=O) groups excluding carboxylic acids is 2. The summed E-state index contributed by atoms with van der Waals surface area (Å²) in [6.07, 6.45) is 7.95. The molecule has 1 aliphatic carbocycles. The molecule has 4 nitrogen and oxygen atoms in total. The highest BCUT2D eigenvalue weighted by Crippen LogP contribution is 2.31. The molecule has 0 bridgehead atoms. The average molecular weight is 308 g/mol. The van der Waals surface area contributed by atoms with Crippen LogP contribution >= 0.6 is 0 Å². The minimum Gasteiger partial charge on any atom is -0.356 e. The monoisotopic (exact) mass is 308 g/mol. The second-order valence-electron chi connectivity index (χ2n) is 7.20. The van der Waals surface area contributed by atoms with Gasteiger partial charge in [0.15, 0.2) is 0 Å². The Morgan fingerprint density at radius 2 is 1.59 bits per heavy atom. The quantitative estimate of drug-likeness (QED) is 0.794. The number of hydrogen-bond acceptors (Lipinski definition) is 2. The third kappa shape index (κ3) is 4.72. The van der Waals surface area contributed by atoms with Crippen molar-refractivity contribution in [2.24, 2.45) is 17.8 Å². The van der Waals surface area contributed by atoms with Crippen LogP contribution in [0.4, 0.5) is 0 Å². The number of rotatable bonds is 5. The summed E-state index contributed by atoms with van der Waals surface area (Å²) in [4.78, 5) is 26.7. The maximum absolute atomic E-state index is 12.6. The molecule has 0 unspecified atom stereocenters. The predicted molar refractivity (Wildman–Crippen MR) is 88.3 cm³/mol. The van der Waals surface area contributed by atoms with Gasteiger partial charge in [-0.15, -0.1) is 0 Å². The molecule has 2 fully saturated rings. The van der Waals surface area contributed by atoms with E-state index in [0.717, 1.165) is 76.9 Å². The molecule has 0 aromatic rings. The molecular formula is C18H32N2O2. The summed E-state index contributed by atoms with van der Waals surface area (Å²) in [6, 6.07) is 0. The number of carbonyl (C=O) groups is 2. The van der Waals surface area contributed by atoms with E-state index >= 15 is 0 Å². The summed E-state index contributed by atoms with van der Waals surface area (Å²) in [5.41, 5.74) is 0. The van der Waals surface area contributed by atoms with Crippen LogP contribution in [-0.2, 0) is 9.59 Å². The molecule has 0 aromatic carbocycles. The fraction of sp³-hybridized carbons (Fsp3) is 0.889. The van der Waals surface area contributed by atoms with E-state index in [-0.39, 0.29) is 17.7 Å². The van der Waals surface area contributed by atoms with E-state index in [1.807, 2.05) is 0 Å². The molecule has 126 valence electrons. The average Bonchev–Trinajstić information content (AvgIpc) is 2.55. The van der Waals surface area contributed by atoms with E-state index in [1.165, 1.54) is 0 Å². The molecular weight excluding hydrogens is 276 g/mol. The lowest BCUT2D eigenvalue weighted by Gasteiger charge is -2.35. The van der Waals surface area contributed by atoms with Gasteiger partial charge in [-0.3, -0.25) is 9.59 Å². The molecule has 2 amide bonds. The van der Waals surface area contributed by atoms with Crippen molar-refractivity contribution in [3.05, 3.63) is 0 Å². The van der Waals surface area contributed by atoms with E-state index in [4.69, 9.17) is 0 Å². The van der Waals surface area contributed by atoms with Crippen LogP contribution in [0, 0.1) is 17.8 Å². The Morgan fingerprint density at radius 3 is 2.18 bits per heavy atom. The topological polar surface area (TPSA) is 49.4 Å². The van der Waals surface area contributed by atoms with Crippen LogP contribution in [0.3, 0.4) is 0 Å². The molecule has 2 aliphatic rings. The maximum Gasteiger partial charge on any atom is 0.225 e. The van der Waals surface area contributed by atoms with E-state index in [9.17, 15) is 9.59 Å². The number of nitrogens with one attached hydrogen (secondary N) is 1. The van der Waals surface area contributed by atoms with Gasteiger partial charge in [0.2, 0.25) is 11.8 Å². The Labute approximate surface area is 135 Å². The smallest absolute Gasteiger partial charge is 0.225 e. The normalized spacial score (nSPS) is 26.7. The summed E-state index contributed by atoms with van der Waals surface area (Å²) in [6.45, 7) is 7.05. The summed E-state index contributed by atoms with van der Waals surface area (Å²) in [5, 5.41) is 3.03. The number of piperidine rings is 1. The van der Waals surface area contributed by atoms with Gasteiger partial charge in [0.25, 0.3) is 0 Å². The highest BCUT2D eigenvalue weighted by Gasteiger charge is 2.32. The van der Waals surface area contributed by atoms with Gasteiger partial charge in [0, 0.05) is 31.5 Å². The van der Waals surface area contributed by atoms with Crippen molar-refractivity contribution in [3.63, 3.8) is 0 Å². The maximum atomic E-state index is 12.6. The summed E-state index contributed by atoms with van der Waals surface area (Å²) in [7, 11) is 0. The van der Waals surface area contributed by atoms with Crippen molar-refractivity contribution in [2.75, 3.05) is 19.6 Å². The number of hydrogen-bond donors (Lipinski definition) is 1. The van der Waals surface area contributed by atoms with Crippen LogP contribution in [0.25, 0.3) is 0 Å². The first-order valence-electron chi connectivity index (χ1n) is 9.18. The molecule has 1 N–H and O–H groups in total.